The van der Waals surface area contributed by atoms with E-state index in [4.69, 9.17) is 9.47 Å². The molecular formula is C21H25N3O3. The molecule has 0 aliphatic carbocycles. The lowest BCUT2D eigenvalue weighted by molar-refractivity contribution is -0.181. The first-order valence-corrected chi connectivity index (χ1v) is 9.42. The summed E-state index contributed by atoms with van der Waals surface area (Å²) in [6.45, 7) is 6.67. The largest absolute Gasteiger partial charge is 0.354 e. The van der Waals surface area contributed by atoms with Gasteiger partial charge in [0.15, 0.2) is 5.79 Å². The Labute approximate surface area is 159 Å². The van der Waals surface area contributed by atoms with Crippen LogP contribution in [0, 0.1) is 13.8 Å². The molecule has 27 heavy (non-hydrogen) atoms. The summed E-state index contributed by atoms with van der Waals surface area (Å²) in [6.07, 6.45) is 3.14. The predicted molar refractivity (Wildman–Crippen MR) is 103 cm³/mol. The number of pyridine rings is 1. The van der Waals surface area contributed by atoms with Crippen LogP contribution in [0.15, 0.2) is 36.5 Å². The van der Waals surface area contributed by atoms with Crippen LogP contribution in [0.5, 0.6) is 0 Å². The molecule has 1 spiro atoms. The first-order valence-electron chi connectivity index (χ1n) is 9.42. The number of carbonyl (C=O) groups is 1. The smallest absolute Gasteiger partial charge is 0.272 e. The number of nitrogens with one attached hydrogen (secondary N) is 1. The van der Waals surface area contributed by atoms with Gasteiger partial charge in [-0.2, -0.15) is 0 Å². The van der Waals surface area contributed by atoms with E-state index in [-0.39, 0.29) is 5.91 Å². The minimum absolute atomic E-state index is 0.0406. The van der Waals surface area contributed by atoms with Crippen LogP contribution in [0.1, 0.15) is 34.5 Å². The van der Waals surface area contributed by atoms with E-state index < -0.39 is 5.79 Å². The van der Waals surface area contributed by atoms with Crippen LogP contribution in [0.2, 0.25) is 0 Å². The number of aromatic nitrogens is 1. The van der Waals surface area contributed by atoms with Crippen molar-refractivity contribution in [3.63, 3.8) is 0 Å². The highest BCUT2D eigenvalue weighted by Gasteiger charge is 2.40. The van der Waals surface area contributed by atoms with Crippen molar-refractivity contribution in [2.75, 3.05) is 31.6 Å². The Hall–Kier alpha value is -2.44. The van der Waals surface area contributed by atoms with Crippen molar-refractivity contribution < 1.29 is 14.3 Å². The van der Waals surface area contributed by atoms with E-state index in [1.165, 1.54) is 11.1 Å². The first-order chi connectivity index (χ1) is 13.0. The fourth-order valence-corrected chi connectivity index (χ4v) is 3.62. The summed E-state index contributed by atoms with van der Waals surface area (Å²) >= 11 is 0. The Morgan fingerprint density at radius 2 is 1.85 bits per heavy atom. The number of carbonyl (C=O) groups excluding carboxylic acids is 1. The van der Waals surface area contributed by atoms with Gasteiger partial charge in [0.2, 0.25) is 0 Å². The van der Waals surface area contributed by atoms with Gasteiger partial charge in [0.05, 0.1) is 25.1 Å². The fraction of sp³-hybridized carbons (Fsp3) is 0.429. The molecule has 2 aromatic rings. The zero-order valence-electron chi connectivity index (χ0n) is 15.8. The van der Waals surface area contributed by atoms with E-state index in [9.17, 15) is 4.79 Å². The zero-order chi connectivity index (χ0) is 18.9. The molecule has 0 saturated carbocycles. The molecule has 1 N–H and O–H groups in total. The van der Waals surface area contributed by atoms with Crippen LogP contribution < -0.4 is 5.32 Å². The summed E-state index contributed by atoms with van der Waals surface area (Å²) in [6, 6.07) is 9.96. The Balaban J connectivity index is 1.40. The van der Waals surface area contributed by atoms with Crippen molar-refractivity contribution in [3.05, 3.63) is 53.3 Å². The minimum Gasteiger partial charge on any atom is -0.354 e. The SMILES string of the molecule is Cc1ccc(C)c(Nc2ccc(C(=O)N3CCC4(CC3)OCCO4)nc2)c1. The molecule has 6 nitrogen and oxygen atoms in total. The average Bonchev–Trinajstić information content (AvgIpc) is 3.13. The van der Waals surface area contributed by atoms with Crippen molar-refractivity contribution in [1.29, 1.82) is 0 Å². The molecule has 2 fully saturated rings. The Morgan fingerprint density at radius 3 is 2.52 bits per heavy atom. The number of nitrogens with zero attached hydrogens (tertiary/aromatic N) is 2. The number of hydrogen-bond donors (Lipinski definition) is 1. The second-order valence-corrected chi connectivity index (χ2v) is 7.28. The number of ether oxygens (including phenoxy) is 2. The molecule has 4 rings (SSSR count). The lowest BCUT2D eigenvalue weighted by atomic mass is 10.0. The summed E-state index contributed by atoms with van der Waals surface area (Å²) in [5.41, 5.74) is 4.74. The standard InChI is InChI=1S/C21H25N3O3/c1-15-3-4-16(2)19(13-15)23-17-5-6-18(22-14-17)20(25)24-9-7-21(8-10-24)26-11-12-27-21/h3-6,13-14,23H,7-12H2,1-2H3. The molecule has 0 atom stereocenters. The van der Waals surface area contributed by atoms with Gasteiger partial charge in [-0.3, -0.25) is 4.79 Å². The van der Waals surface area contributed by atoms with Crippen LogP contribution in [0.4, 0.5) is 11.4 Å². The van der Waals surface area contributed by atoms with Crippen molar-refractivity contribution in [2.45, 2.75) is 32.5 Å². The van der Waals surface area contributed by atoms with Gasteiger partial charge in [0, 0.05) is 31.6 Å². The van der Waals surface area contributed by atoms with Crippen LogP contribution in [-0.4, -0.2) is 47.9 Å². The van der Waals surface area contributed by atoms with E-state index in [0.717, 1.165) is 11.4 Å². The van der Waals surface area contributed by atoms with Gasteiger partial charge in [-0.1, -0.05) is 12.1 Å². The minimum atomic E-state index is -0.469. The number of likely N-dealkylation sites (tertiary alicyclic amines) is 1. The van der Waals surface area contributed by atoms with Crippen molar-refractivity contribution in [2.24, 2.45) is 0 Å². The molecule has 3 heterocycles. The Bertz CT molecular complexity index is 819. The zero-order valence-corrected chi connectivity index (χ0v) is 15.8. The van der Waals surface area contributed by atoms with E-state index in [1.807, 2.05) is 11.0 Å². The maximum absolute atomic E-state index is 12.7. The molecule has 0 bridgehead atoms. The average molecular weight is 367 g/mol. The monoisotopic (exact) mass is 367 g/mol. The first kappa shape index (κ1) is 17.9. The quantitative estimate of drug-likeness (QED) is 0.901. The molecule has 2 aliphatic rings. The second-order valence-electron chi connectivity index (χ2n) is 7.28. The lowest BCUT2D eigenvalue weighted by Gasteiger charge is -2.37. The third kappa shape index (κ3) is 3.82. The van der Waals surface area contributed by atoms with E-state index >= 15 is 0 Å². The van der Waals surface area contributed by atoms with E-state index in [1.54, 1.807) is 12.3 Å². The maximum Gasteiger partial charge on any atom is 0.272 e. The van der Waals surface area contributed by atoms with Crippen molar-refractivity contribution in [1.82, 2.24) is 9.88 Å². The number of piperidine rings is 1. The molecule has 0 radical (unpaired) electrons. The summed E-state index contributed by atoms with van der Waals surface area (Å²) in [7, 11) is 0. The lowest BCUT2D eigenvalue weighted by Crippen LogP contribution is -2.47. The predicted octanol–water partition coefficient (Wildman–Crippen LogP) is 3.42. The molecule has 2 saturated heterocycles. The molecule has 1 aromatic heterocycles. The normalized spacial score (nSPS) is 18.7. The highest BCUT2D eigenvalue weighted by Crippen LogP contribution is 2.31. The molecule has 0 unspecified atom stereocenters. The molecule has 1 amide bonds. The Kier molecular flexibility index (Phi) is 4.85. The van der Waals surface area contributed by atoms with Gasteiger partial charge in [0.25, 0.3) is 5.91 Å². The van der Waals surface area contributed by atoms with Gasteiger partial charge in [-0.15, -0.1) is 0 Å². The van der Waals surface area contributed by atoms with Crippen LogP contribution >= 0.6 is 0 Å². The van der Waals surface area contributed by atoms with Crippen molar-refractivity contribution >= 4 is 17.3 Å². The van der Waals surface area contributed by atoms with Gasteiger partial charge >= 0.3 is 0 Å². The number of hydrogen-bond acceptors (Lipinski definition) is 5. The molecule has 6 heteroatoms. The third-order valence-corrected chi connectivity index (χ3v) is 5.28. The number of anilines is 2. The number of rotatable bonds is 3. The van der Waals surface area contributed by atoms with Gasteiger partial charge < -0.3 is 19.7 Å². The molecule has 1 aromatic carbocycles. The summed E-state index contributed by atoms with van der Waals surface area (Å²) in [4.78, 5) is 18.9. The van der Waals surface area contributed by atoms with E-state index in [0.29, 0.717) is 44.8 Å². The van der Waals surface area contributed by atoms with Crippen LogP contribution in [0.25, 0.3) is 0 Å². The third-order valence-electron chi connectivity index (χ3n) is 5.28. The summed E-state index contributed by atoms with van der Waals surface area (Å²) < 4.78 is 11.4. The number of amides is 1. The van der Waals surface area contributed by atoms with Gasteiger partial charge in [-0.25, -0.2) is 4.98 Å². The summed E-state index contributed by atoms with van der Waals surface area (Å²) in [5.74, 6) is -0.509. The van der Waals surface area contributed by atoms with Crippen LogP contribution in [-0.2, 0) is 9.47 Å². The van der Waals surface area contributed by atoms with Crippen LogP contribution in [0.3, 0.4) is 0 Å². The highest BCUT2D eigenvalue weighted by atomic mass is 16.7. The van der Waals surface area contributed by atoms with Crippen molar-refractivity contribution in [3.8, 4) is 0 Å². The second kappa shape index (κ2) is 7.29. The molecule has 2 aliphatic heterocycles. The maximum atomic E-state index is 12.7. The van der Waals surface area contributed by atoms with Gasteiger partial charge in [0.1, 0.15) is 5.69 Å². The fourth-order valence-electron chi connectivity index (χ4n) is 3.62. The molecule has 142 valence electrons. The Morgan fingerprint density at radius 1 is 1.11 bits per heavy atom. The summed E-state index contributed by atoms with van der Waals surface area (Å²) in [5, 5.41) is 3.37. The topological polar surface area (TPSA) is 63.7 Å². The highest BCUT2D eigenvalue weighted by molar-refractivity contribution is 5.92. The van der Waals surface area contributed by atoms with E-state index in [2.05, 4.69) is 42.3 Å². The molecular weight excluding hydrogens is 342 g/mol. The van der Waals surface area contributed by atoms with Gasteiger partial charge in [-0.05, 0) is 43.2 Å². The number of aryl methyl sites for hydroxylation is 2. The number of benzene rings is 1.